The van der Waals surface area contributed by atoms with Crippen molar-refractivity contribution in [3.05, 3.63) is 0 Å². The van der Waals surface area contributed by atoms with Gasteiger partial charge in [-0.1, -0.05) is 0 Å². The van der Waals surface area contributed by atoms with E-state index in [0.717, 1.165) is 0 Å². The second kappa shape index (κ2) is 3.33. The van der Waals surface area contributed by atoms with Crippen molar-refractivity contribution >= 4 is 7.94 Å². The van der Waals surface area contributed by atoms with Gasteiger partial charge in [0.2, 0.25) is 0 Å². The maximum atomic E-state index is 8.34. The second-order valence-corrected chi connectivity index (χ2v) is 3.72. The average molecular weight is 141 g/mol. The Bertz CT molecular complexity index is 62.0. The SMILES string of the molecule is NCCC[PH](O)(O)O. The van der Waals surface area contributed by atoms with Gasteiger partial charge in [0.1, 0.15) is 0 Å². The Kier molecular flexibility index (Phi) is 3.44. The van der Waals surface area contributed by atoms with Gasteiger partial charge in [0.05, 0.1) is 0 Å². The van der Waals surface area contributed by atoms with E-state index in [1.165, 1.54) is 0 Å². The molecular weight excluding hydrogens is 129 g/mol. The predicted molar refractivity (Wildman–Crippen MR) is 33.5 cm³/mol. The van der Waals surface area contributed by atoms with Crippen molar-refractivity contribution in [1.29, 1.82) is 0 Å². The van der Waals surface area contributed by atoms with Crippen LogP contribution in [0.5, 0.6) is 0 Å². The van der Waals surface area contributed by atoms with Gasteiger partial charge in [-0.2, -0.15) is 0 Å². The molecule has 0 spiro atoms. The van der Waals surface area contributed by atoms with Crippen LogP contribution in [0.15, 0.2) is 0 Å². The topological polar surface area (TPSA) is 86.7 Å². The summed E-state index contributed by atoms with van der Waals surface area (Å²) >= 11 is 0. The molecule has 5 N–H and O–H groups in total. The van der Waals surface area contributed by atoms with E-state index in [0.29, 0.717) is 13.0 Å². The van der Waals surface area contributed by atoms with E-state index >= 15 is 0 Å². The van der Waals surface area contributed by atoms with Crippen molar-refractivity contribution in [3.8, 4) is 0 Å². The first-order chi connectivity index (χ1) is 3.56. The molecular formula is C3H12NO3P. The summed E-state index contributed by atoms with van der Waals surface area (Å²) in [6, 6.07) is 0. The third-order valence-electron chi connectivity index (χ3n) is 0.716. The number of hydrogen-bond donors (Lipinski definition) is 4. The summed E-state index contributed by atoms with van der Waals surface area (Å²) in [5.41, 5.74) is 5.02. The summed E-state index contributed by atoms with van der Waals surface area (Å²) in [6.07, 6.45) is 0.513. The van der Waals surface area contributed by atoms with Gasteiger partial charge in [0.15, 0.2) is 0 Å². The first kappa shape index (κ1) is 8.27. The quantitative estimate of drug-likeness (QED) is 0.372. The van der Waals surface area contributed by atoms with Crippen molar-refractivity contribution < 1.29 is 14.7 Å². The van der Waals surface area contributed by atoms with Crippen molar-refractivity contribution in [3.63, 3.8) is 0 Å². The minimum atomic E-state index is -3.76. The van der Waals surface area contributed by atoms with Gasteiger partial charge in [-0.15, -0.1) is 0 Å². The average Bonchev–Trinajstić information content (AvgIpc) is 1.59. The fourth-order valence-corrected chi connectivity index (χ4v) is 1.02. The van der Waals surface area contributed by atoms with Crippen molar-refractivity contribution in [2.75, 3.05) is 12.7 Å². The van der Waals surface area contributed by atoms with Gasteiger partial charge in [-0.05, 0) is 0 Å². The Morgan fingerprint density at radius 3 is 1.88 bits per heavy atom. The minimum absolute atomic E-state index is 0.0451. The van der Waals surface area contributed by atoms with Crippen LogP contribution in [-0.2, 0) is 0 Å². The Balaban J connectivity index is 3.11. The fourth-order valence-electron chi connectivity index (χ4n) is 0.339. The summed E-state index contributed by atoms with van der Waals surface area (Å²) in [5.74, 6) is 0. The Morgan fingerprint density at radius 1 is 1.25 bits per heavy atom. The third-order valence-corrected chi connectivity index (χ3v) is 1.74. The van der Waals surface area contributed by atoms with E-state index in [2.05, 4.69) is 0 Å². The van der Waals surface area contributed by atoms with Crippen molar-refractivity contribution in [2.45, 2.75) is 6.42 Å². The van der Waals surface area contributed by atoms with Gasteiger partial charge in [-0.3, -0.25) is 0 Å². The molecule has 0 aromatic rings. The summed E-state index contributed by atoms with van der Waals surface area (Å²) in [6.45, 7) is 0.385. The molecule has 0 heterocycles. The Labute approximate surface area is 48.5 Å². The molecule has 0 amide bonds. The molecule has 0 aliphatic rings. The van der Waals surface area contributed by atoms with Crippen LogP contribution in [0.3, 0.4) is 0 Å². The monoisotopic (exact) mass is 141 g/mol. The fraction of sp³-hybridized carbons (Fsp3) is 1.00. The van der Waals surface area contributed by atoms with Gasteiger partial charge < -0.3 is 0 Å². The normalized spacial score (nSPS) is 14.0. The van der Waals surface area contributed by atoms with Crippen molar-refractivity contribution in [2.24, 2.45) is 5.73 Å². The molecule has 0 fully saturated rings. The summed E-state index contributed by atoms with van der Waals surface area (Å²) < 4.78 is 0. The molecule has 0 radical (unpaired) electrons. The molecule has 0 rings (SSSR count). The summed E-state index contributed by atoms with van der Waals surface area (Å²) in [7, 11) is -3.76. The molecule has 8 heavy (non-hydrogen) atoms. The van der Waals surface area contributed by atoms with Crippen LogP contribution >= 0.6 is 7.94 Å². The summed E-state index contributed by atoms with van der Waals surface area (Å²) in [4.78, 5) is 25.0. The zero-order valence-electron chi connectivity index (χ0n) is 4.54. The zero-order valence-corrected chi connectivity index (χ0v) is 5.54. The molecule has 0 bridgehead atoms. The van der Waals surface area contributed by atoms with E-state index < -0.39 is 7.94 Å². The molecule has 0 aromatic heterocycles. The molecule has 0 aliphatic carbocycles. The predicted octanol–water partition coefficient (Wildman–Crippen LogP) is -1.19. The standard InChI is InChI=1S/C3H12NO3P/c4-2-1-3-8(5,6)7/h5-8H,1-4H2. The van der Waals surface area contributed by atoms with Gasteiger partial charge in [0.25, 0.3) is 0 Å². The van der Waals surface area contributed by atoms with Crippen LogP contribution in [0.4, 0.5) is 0 Å². The molecule has 4 nitrogen and oxygen atoms in total. The number of nitrogens with two attached hydrogens (primary N) is 1. The Morgan fingerprint density at radius 2 is 1.75 bits per heavy atom. The number of hydrogen-bond acceptors (Lipinski definition) is 4. The first-order valence-electron chi connectivity index (χ1n) is 2.43. The van der Waals surface area contributed by atoms with Crippen LogP contribution in [0.2, 0.25) is 0 Å². The van der Waals surface area contributed by atoms with Gasteiger partial charge in [-0.25, -0.2) is 0 Å². The van der Waals surface area contributed by atoms with Crippen LogP contribution in [0.25, 0.3) is 0 Å². The Hall–Kier alpha value is 0.270. The second-order valence-electron chi connectivity index (χ2n) is 1.67. The number of rotatable bonds is 3. The maximum absolute atomic E-state index is 8.34. The van der Waals surface area contributed by atoms with Gasteiger partial charge in [0, 0.05) is 0 Å². The van der Waals surface area contributed by atoms with E-state index in [1.54, 1.807) is 0 Å². The molecule has 5 heteroatoms. The van der Waals surface area contributed by atoms with Crippen LogP contribution < -0.4 is 5.73 Å². The van der Waals surface area contributed by atoms with E-state index in [-0.39, 0.29) is 6.16 Å². The molecule has 0 saturated heterocycles. The molecule has 0 aromatic carbocycles. The molecule has 0 aliphatic heterocycles. The van der Waals surface area contributed by atoms with E-state index in [9.17, 15) is 0 Å². The summed E-state index contributed by atoms with van der Waals surface area (Å²) in [5, 5.41) is 0. The molecule has 0 saturated carbocycles. The van der Waals surface area contributed by atoms with Crippen LogP contribution in [0, 0.1) is 0 Å². The van der Waals surface area contributed by atoms with E-state index in [4.69, 9.17) is 20.4 Å². The molecule has 0 unspecified atom stereocenters. The first-order valence-corrected chi connectivity index (χ1v) is 4.48. The van der Waals surface area contributed by atoms with Crippen molar-refractivity contribution in [1.82, 2.24) is 0 Å². The van der Waals surface area contributed by atoms with Crippen LogP contribution in [0.1, 0.15) is 6.42 Å². The molecule has 52 valence electrons. The third kappa shape index (κ3) is 6.27. The van der Waals surface area contributed by atoms with Crippen LogP contribution in [-0.4, -0.2) is 27.4 Å². The van der Waals surface area contributed by atoms with E-state index in [1.807, 2.05) is 0 Å². The molecule has 0 atom stereocenters. The zero-order chi connectivity index (χ0) is 6.62. The van der Waals surface area contributed by atoms with Gasteiger partial charge >= 0.3 is 47.5 Å².